The number of phenols is 1. The van der Waals surface area contributed by atoms with Gasteiger partial charge in [0.05, 0.1) is 6.21 Å². The molecule has 0 heterocycles. The number of hydrogen-bond acceptors (Lipinski definition) is 3. The number of hydrogen-bond donors (Lipinski definition) is 3. The molecule has 0 aromatic heterocycles. The number of carbonyl (C=O) groups excluding carboxylic acids is 1. The first-order chi connectivity index (χ1) is 12.5. The SMILES string of the molecule is CC(C)(C)c1cc(/C=N\NC(=O)Nc2ccccc2)cc(C(C)(C)C)c1O. The van der Waals surface area contributed by atoms with Crippen molar-refractivity contribution in [3.8, 4) is 5.75 Å². The van der Waals surface area contributed by atoms with E-state index in [2.05, 4.69) is 57.4 Å². The summed E-state index contributed by atoms with van der Waals surface area (Å²) in [4.78, 5) is 11.9. The van der Waals surface area contributed by atoms with Crippen molar-refractivity contribution in [2.24, 2.45) is 5.10 Å². The number of aromatic hydroxyl groups is 1. The zero-order valence-corrected chi connectivity index (χ0v) is 16.9. The van der Waals surface area contributed by atoms with E-state index in [0.717, 1.165) is 16.7 Å². The van der Waals surface area contributed by atoms with Crippen LogP contribution in [-0.2, 0) is 10.8 Å². The summed E-state index contributed by atoms with van der Waals surface area (Å²) in [5.41, 5.74) is 5.26. The third-order valence-electron chi connectivity index (χ3n) is 4.16. The molecule has 0 radical (unpaired) electrons. The van der Waals surface area contributed by atoms with Gasteiger partial charge in [-0.1, -0.05) is 59.7 Å². The van der Waals surface area contributed by atoms with Crippen LogP contribution in [0.2, 0.25) is 0 Å². The van der Waals surface area contributed by atoms with Gasteiger partial charge >= 0.3 is 6.03 Å². The maximum Gasteiger partial charge on any atom is 0.339 e. The summed E-state index contributed by atoms with van der Waals surface area (Å²) in [6, 6.07) is 12.6. The van der Waals surface area contributed by atoms with Crippen LogP contribution in [0.4, 0.5) is 10.5 Å². The van der Waals surface area contributed by atoms with Gasteiger partial charge in [0.2, 0.25) is 0 Å². The highest BCUT2D eigenvalue weighted by Gasteiger charge is 2.26. The van der Waals surface area contributed by atoms with Gasteiger partial charge in [-0.05, 0) is 40.7 Å². The third kappa shape index (κ3) is 5.58. The number of nitrogens with zero attached hydrogens (tertiary/aromatic N) is 1. The summed E-state index contributed by atoms with van der Waals surface area (Å²) < 4.78 is 0. The van der Waals surface area contributed by atoms with Crippen LogP contribution in [0.1, 0.15) is 58.2 Å². The molecule has 0 spiro atoms. The largest absolute Gasteiger partial charge is 0.507 e. The summed E-state index contributed by atoms with van der Waals surface area (Å²) in [6.45, 7) is 12.3. The van der Waals surface area contributed by atoms with Crippen LogP contribution in [0.25, 0.3) is 0 Å². The van der Waals surface area contributed by atoms with E-state index < -0.39 is 6.03 Å². The first kappa shape index (κ1) is 20.5. The number of hydrazone groups is 1. The van der Waals surface area contributed by atoms with Gasteiger partial charge in [0.1, 0.15) is 5.75 Å². The van der Waals surface area contributed by atoms with Crippen LogP contribution < -0.4 is 10.7 Å². The van der Waals surface area contributed by atoms with Gasteiger partial charge in [-0.3, -0.25) is 0 Å². The molecule has 0 bridgehead atoms. The van der Waals surface area contributed by atoms with Crippen LogP contribution >= 0.6 is 0 Å². The number of para-hydroxylation sites is 1. The zero-order valence-electron chi connectivity index (χ0n) is 16.9. The minimum Gasteiger partial charge on any atom is -0.507 e. The number of nitrogens with one attached hydrogen (secondary N) is 2. The van der Waals surface area contributed by atoms with Crippen molar-refractivity contribution < 1.29 is 9.90 Å². The molecule has 2 rings (SSSR count). The standard InChI is InChI=1S/C22H29N3O2/c1-21(2,3)17-12-15(13-18(19(17)26)22(4,5)6)14-23-25-20(27)24-16-10-8-7-9-11-16/h7-14,26H,1-6H3,(H2,24,25,27)/b23-14-. The van der Waals surface area contributed by atoms with E-state index in [-0.39, 0.29) is 10.8 Å². The van der Waals surface area contributed by atoms with Gasteiger partial charge in [-0.25, -0.2) is 10.2 Å². The van der Waals surface area contributed by atoms with Crippen molar-refractivity contribution >= 4 is 17.9 Å². The van der Waals surface area contributed by atoms with Gasteiger partial charge < -0.3 is 10.4 Å². The average molecular weight is 367 g/mol. The lowest BCUT2D eigenvalue weighted by Gasteiger charge is -2.27. The first-order valence-corrected chi connectivity index (χ1v) is 9.01. The Hall–Kier alpha value is -2.82. The number of phenolic OH excluding ortho intramolecular Hbond substituents is 1. The number of rotatable bonds is 3. The number of anilines is 1. The first-order valence-electron chi connectivity index (χ1n) is 9.01. The second-order valence-corrected chi connectivity index (χ2v) is 8.65. The van der Waals surface area contributed by atoms with E-state index in [1.165, 1.54) is 0 Å². The number of benzene rings is 2. The van der Waals surface area contributed by atoms with Gasteiger partial charge in [-0.2, -0.15) is 5.10 Å². The molecule has 5 heteroatoms. The lowest BCUT2D eigenvalue weighted by molar-refractivity contribution is 0.252. The van der Waals surface area contributed by atoms with Crippen LogP contribution in [0.15, 0.2) is 47.6 Å². The molecule has 0 unspecified atom stereocenters. The summed E-state index contributed by atoms with van der Waals surface area (Å²) in [5.74, 6) is 0.321. The quantitative estimate of drug-likeness (QED) is 0.519. The summed E-state index contributed by atoms with van der Waals surface area (Å²) in [6.07, 6.45) is 1.59. The zero-order chi connectivity index (χ0) is 20.2. The Morgan fingerprint density at radius 2 is 1.48 bits per heavy atom. The minimum atomic E-state index is -0.414. The molecular weight excluding hydrogens is 338 g/mol. The normalized spacial score (nSPS) is 12.2. The lowest BCUT2D eigenvalue weighted by Crippen LogP contribution is -2.24. The van der Waals surface area contributed by atoms with Crippen molar-refractivity contribution in [2.75, 3.05) is 5.32 Å². The molecule has 2 aromatic rings. The molecule has 5 nitrogen and oxygen atoms in total. The number of amides is 2. The molecule has 0 aliphatic rings. The van der Waals surface area contributed by atoms with Gasteiger partial charge in [0.15, 0.2) is 0 Å². The number of carbonyl (C=O) groups is 1. The number of urea groups is 1. The molecule has 0 aliphatic heterocycles. The molecule has 0 fully saturated rings. The van der Waals surface area contributed by atoms with E-state index in [0.29, 0.717) is 11.4 Å². The molecule has 2 aromatic carbocycles. The van der Waals surface area contributed by atoms with E-state index in [1.807, 2.05) is 30.3 Å². The highest BCUT2D eigenvalue weighted by Crippen LogP contribution is 2.39. The molecule has 27 heavy (non-hydrogen) atoms. The predicted molar refractivity (Wildman–Crippen MR) is 112 cm³/mol. The van der Waals surface area contributed by atoms with Crippen LogP contribution in [0.5, 0.6) is 5.75 Å². The molecule has 0 saturated heterocycles. The van der Waals surface area contributed by atoms with Crippen molar-refractivity contribution in [3.05, 3.63) is 59.2 Å². The monoisotopic (exact) mass is 367 g/mol. The fraction of sp³-hybridized carbons (Fsp3) is 0.364. The molecule has 144 valence electrons. The van der Waals surface area contributed by atoms with Crippen molar-refractivity contribution in [1.29, 1.82) is 0 Å². The Morgan fingerprint density at radius 1 is 0.963 bits per heavy atom. The van der Waals surface area contributed by atoms with Crippen molar-refractivity contribution in [2.45, 2.75) is 52.4 Å². The summed E-state index contributed by atoms with van der Waals surface area (Å²) in [5, 5.41) is 17.5. The predicted octanol–water partition coefficient (Wildman–Crippen LogP) is 5.14. The second kappa shape index (κ2) is 7.82. The molecular formula is C22H29N3O2. The molecule has 0 aliphatic carbocycles. The Bertz CT molecular complexity index is 794. The topological polar surface area (TPSA) is 73.7 Å². The van der Waals surface area contributed by atoms with E-state index >= 15 is 0 Å². The van der Waals surface area contributed by atoms with E-state index in [1.54, 1.807) is 18.3 Å². The lowest BCUT2D eigenvalue weighted by atomic mass is 9.78. The van der Waals surface area contributed by atoms with E-state index in [9.17, 15) is 9.90 Å². The van der Waals surface area contributed by atoms with Crippen LogP contribution in [-0.4, -0.2) is 17.4 Å². The van der Waals surface area contributed by atoms with Gasteiger partial charge in [0.25, 0.3) is 0 Å². The fourth-order valence-electron chi connectivity index (χ4n) is 2.72. The molecule has 0 saturated carbocycles. The van der Waals surface area contributed by atoms with Gasteiger partial charge in [0, 0.05) is 16.8 Å². The smallest absolute Gasteiger partial charge is 0.339 e. The average Bonchev–Trinajstić information content (AvgIpc) is 2.55. The van der Waals surface area contributed by atoms with E-state index in [4.69, 9.17) is 0 Å². The maximum atomic E-state index is 11.9. The second-order valence-electron chi connectivity index (χ2n) is 8.65. The molecule has 2 amide bonds. The third-order valence-corrected chi connectivity index (χ3v) is 4.16. The Balaban J connectivity index is 2.22. The Morgan fingerprint density at radius 3 is 1.96 bits per heavy atom. The van der Waals surface area contributed by atoms with Crippen molar-refractivity contribution in [3.63, 3.8) is 0 Å². The van der Waals surface area contributed by atoms with Crippen LogP contribution in [0.3, 0.4) is 0 Å². The van der Waals surface area contributed by atoms with Crippen LogP contribution in [0, 0.1) is 0 Å². The highest BCUT2D eigenvalue weighted by molar-refractivity contribution is 5.90. The molecule has 3 N–H and O–H groups in total. The van der Waals surface area contributed by atoms with Gasteiger partial charge in [-0.15, -0.1) is 0 Å². The fourth-order valence-corrected chi connectivity index (χ4v) is 2.72. The molecule has 0 atom stereocenters. The summed E-state index contributed by atoms with van der Waals surface area (Å²) in [7, 11) is 0. The Kier molecular flexibility index (Phi) is 5.94. The van der Waals surface area contributed by atoms with Crippen molar-refractivity contribution in [1.82, 2.24) is 5.43 Å². The summed E-state index contributed by atoms with van der Waals surface area (Å²) >= 11 is 0. The Labute approximate surface area is 161 Å². The maximum absolute atomic E-state index is 11.9. The highest BCUT2D eigenvalue weighted by atomic mass is 16.3. The minimum absolute atomic E-state index is 0.216.